The first kappa shape index (κ1) is 20.3. The van der Waals surface area contributed by atoms with Crippen LogP contribution in [0.2, 0.25) is 0 Å². The summed E-state index contributed by atoms with van der Waals surface area (Å²) in [7, 11) is 0. The summed E-state index contributed by atoms with van der Waals surface area (Å²) in [6, 6.07) is 5.76. The lowest BCUT2D eigenvalue weighted by Gasteiger charge is -2.11. The Labute approximate surface area is 153 Å². The Bertz CT molecular complexity index is 818. The zero-order valence-corrected chi connectivity index (χ0v) is 14.7. The average molecular weight is 385 g/mol. The molecule has 0 bridgehead atoms. The molecule has 7 nitrogen and oxygen atoms in total. The number of benzene rings is 1. The number of esters is 1. The van der Waals surface area contributed by atoms with Crippen molar-refractivity contribution in [3.05, 3.63) is 41.6 Å². The number of carbonyl (C=O) groups excluding carboxylic acids is 2. The molecule has 1 amide bonds. The Morgan fingerprint density at radius 1 is 1.26 bits per heavy atom. The highest BCUT2D eigenvalue weighted by molar-refractivity contribution is 5.91. The molecule has 0 aliphatic carbocycles. The highest BCUT2D eigenvalue weighted by Crippen LogP contribution is 2.31. The van der Waals surface area contributed by atoms with E-state index < -0.39 is 30.2 Å². The van der Waals surface area contributed by atoms with E-state index in [0.717, 1.165) is 12.1 Å². The number of hydrogen-bond donors (Lipinski definition) is 1. The van der Waals surface area contributed by atoms with E-state index in [9.17, 15) is 22.8 Å². The van der Waals surface area contributed by atoms with Gasteiger partial charge in [-0.25, -0.2) is 4.68 Å². The summed E-state index contributed by atoms with van der Waals surface area (Å²) in [5.74, 6) is -0.969. The van der Waals surface area contributed by atoms with Gasteiger partial charge in [0, 0.05) is 6.07 Å². The molecule has 1 N–H and O–H groups in total. The Kier molecular flexibility index (Phi) is 6.43. The first-order valence-corrected chi connectivity index (χ1v) is 7.99. The smallest absolute Gasteiger partial charge is 0.416 e. The Hall–Kier alpha value is -3.04. The molecule has 0 spiro atoms. The molecule has 0 fully saturated rings. The number of rotatable bonds is 7. The minimum absolute atomic E-state index is 0.0869. The summed E-state index contributed by atoms with van der Waals surface area (Å²) in [5.41, 5.74) is -0.308. The average Bonchev–Trinajstić information content (AvgIpc) is 2.91. The second-order valence-electron chi connectivity index (χ2n) is 5.50. The number of amides is 1. The van der Waals surface area contributed by atoms with Gasteiger partial charge in [-0.05, 0) is 32.0 Å². The summed E-state index contributed by atoms with van der Waals surface area (Å²) >= 11 is 0. The van der Waals surface area contributed by atoms with E-state index in [1.807, 2.05) is 0 Å². The van der Waals surface area contributed by atoms with Crippen molar-refractivity contribution in [1.29, 1.82) is 0 Å². The lowest BCUT2D eigenvalue weighted by atomic mass is 10.2. The fraction of sp³-hybridized carbons (Fsp3) is 0.353. The van der Waals surface area contributed by atoms with Crippen LogP contribution in [0.3, 0.4) is 0 Å². The highest BCUT2D eigenvalue weighted by atomic mass is 19.4. The minimum atomic E-state index is -4.50. The number of nitrogens with one attached hydrogen (secondary N) is 1. The molecule has 0 unspecified atom stereocenters. The van der Waals surface area contributed by atoms with Crippen LogP contribution in [-0.4, -0.2) is 34.9 Å². The topological polar surface area (TPSA) is 82.5 Å². The number of carbonyl (C=O) groups is 2. The molecular weight excluding hydrogens is 367 g/mol. The van der Waals surface area contributed by atoms with Gasteiger partial charge >= 0.3 is 12.1 Å². The number of aromatic nitrogens is 2. The Morgan fingerprint density at radius 3 is 2.67 bits per heavy atom. The number of alkyl halides is 3. The van der Waals surface area contributed by atoms with Crippen LogP contribution in [-0.2, 0) is 27.0 Å². The van der Waals surface area contributed by atoms with Gasteiger partial charge in [-0.2, -0.15) is 18.3 Å². The summed E-state index contributed by atoms with van der Waals surface area (Å²) in [6.45, 7) is 2.86. The van der Waals surface area contributed by atoms with E-state index >= 15 is 0 Å². The lowest BCUT2D eigenvalue weighted by Crippen LogP contribution is -2.23. The normalized spacial score (nSPS) is 11.1. The molecule has 1 aromatic heterocycles. The summed E-state index contributed by atoms with van der Waals surface area (Å²) in [6.07, 6.45) is -4.50. The van der Waals surface area contributed by atoms with E-state index in [4.69, 9.17) is 9.47 Å². The van der Waals surface area contributed by atoms with Crippen molar-refractivity contribution >= 4 is 17.7 Å². The number of nitrogens with zero attached hydrogens (tertiary/aromatic N) is 2. The minimum Gasteiger partial charge on any atom is -0.484 e. The third kappa shape index (κ3) is 6.01. The second kappa shape index (κ2) is 8.56. The molecule has 0 aliphatic heterocycles. The van der Waals surface area contributed by atoms with E-state index in [-0.39, 0.29) is 24.7 Å². The molecule has 2 rings (SSSR count). The van der Waals surface area contributed by atoms with Gasteiger partial charge in [-0.1, -0.05) is 6.07 Å². The van der Waals surface area contributed by atoms with E-state index in [1.54, 1.807) is 19.9 Å². The van der Waals surface area contributed by atoms with Crippen LogP contribution in [0.5, 0.6) is 5.75 Å². The van der Waals surface area contributed by atoms with Crippen molar-refractivity contribution in [1.82, 2.24) is 9.78 Å². The molecule has 0 radical (unpaired) electrons. The van der Waals surface area contributed by atoms with Crippen molar-refractivity contribution in [2.75, 3.05) is 18.5 Å². The zero-order chi connectivity index (χ0) is 20.0. The van der Waals surface area contributed by atoms with Crippen molar-refractivity contribution in [2.24, 2.45) is 0 Å². The maximum absolute atomic E-state index is 12.7. The first-order valence-electron chi connectivity index (χ1n) is 7.99. The van der Waals surface area contributed by atoms with Gasteiger partial charge < -0.3 is 14.8 Å². The Balaban J connectivity index is 1.97. The Morgan fingerprint density at radius 2 is 2.00 bits per heavy atom. The number of anilines is 1. The number of ether oxygens (including phenoxy) is 2. The predicted octanol–water partition coefficient (Wildman–Crippen LogP) is 2.79. The van der Waals surface area contributed by atoms with Crippen molar-refractivity contribution in [3.8, 4) is 5.75 Å². The van der Waals surface area contributed by atoms with Crippen LogP contribution in [0.1, 0.15) is 18.2 Å². The highest BCUT2D eigenvalue weighted by Gasteiger charge is 2.30. The number of hydrogen-bond acceptors (Lipinski definition) is 5. The monoisotopic (exact) mass is 385 g/mol. The molecule has 1 heterocycles. The second-order valence-corrected chi connectivity index (χ2v) is 5.50. The summed E-state index contributed by atoms with van der Waals surface area (Å²) < 4.78 is 49.2. The van der Waals surface area contributed by atoms with Gasteiger partial charge in [0.05, 0.1) is 17.9 Å². The molecular formula is C17H18F3N3O4. The van der Waals surface area contributed by atoms with Gasteiger partial charge in [0.1, 0.15) is 18.1 Å². The zero-order valence-electron chi connectivity index (χ0n) is 14.7. The van der Waals surface area contributed by atoms with Crippen LogP contribution >= 0.6 is 0 Å². The quantitative estimate of drug-likeness (QED) is 0.741. The fourth-order valence-electron chi connectivity index (χ4n) is 2.19. The maximum atomic E-state index is 12.7. The molecule has 27 heavy (non-hydrogen) atoms. The van der Waals surface area contributed by atoms with Gasteiger partial charge in [0.2, 0.25) is 0 Å². The van der Waals surface area contributed by atoms with Crippen LogP contribution < -0.4 is 10.1 Å². The lowest BCUT2D eigenvalue weighted by molar-refractivity contribution is -0.144. The molecule has 0 atom stereocenters. The van der Waals surface area contributed by atoms with E-state index in [1.165, 1.54) is 16.8 Å². The fourth-order valence-corrected chi connectivity index (χ4v) is 2.19. The molecule has 0 saturated carbocycles. The van der Waals surface area contributed by atoms with Crippen molar-refractivity contribution in [2.45, 2.75) is 26.6 Å². The largest absolute Gasteiger partial charge is 0.484 e. The van der Waals surface area contributed by atoms with Gasteiger partial charge in [0.15, 0.2) is 6.61 Å². The molecule has 0 aliphatic rings. The third-order valence-corrected chi connectivity index (χ3v) is 3.29. The molecule has 1 aromatic carbocycles. The molecule has 0 saturated heterocycles. The summed E-state index contributed by atoms with van der Waals surface area (Å²) in [5, 5.41) is 6.58. The predicted molar refractivity (Wildman–Crippen MR) is 89.2 cm³/mol. The van der Waals surface area contributed by atoms with Crippen LogP contribution in [0.4, 0.5) is 19.0 Å². The van der Waals surface area contributed by atoms with Crippen LogP contribution in [0, 0.1) is 6.92 Å². The van der Waals surface area contributed by atoms with E-state index in [2.05, 4.69) is 10.4 Å². The first-order chi connectivity index (χ1) is 12.7. The maximum Gasteiger partial charge on any atom is 0.416 e. The third-order valence-electron chi connectivity index (χ3n) is 3.29. The molecule has 146 valence electrons. The van der Waals surface area contributed by atoms with Crippen molar-refractivity contribution < 1.29 is 32.2 Å². The SMILES string of the molecule is CCOC(=O)Cn1nc(C)cc1NC(=O)COc1cccc(C(F)(F)F)c1. The van der Waals surface area contributed by atoms with Crippen LogP contribution in [0.15, 0.2) is 30.3 Å². The molecule has 10 heteroatoms. The van der Waals surface area contributed by atoms with Crippen LogP contribution in [0.25, 0.3) is 0 Å². The summed E-state index contributed by atoms with van der Waals surface area (Å²) in [4.78, 5) is 23.6. The van der Waals surface area contributed by atoms with Gasteiger partial charge in [0.25, 0.3) is 5.91 Å². The standard InChI is InChI=1S/C17H18F3N3O4/c1-3-26-16(25)9-23-14(7-11(2)22-23)21-15(24)10-27-13-6-4-5-12(8-13)17(18,19)20/h4-8H,3,9-10H2,1-2H3,(H,21,24). The van der Waals surface area contributed by atoms with Gasteiger partial charge in [-0.15, -0.1) is 0 Å². The van der Waals surface area contributed by atoms with Gasteiger partial charge in [-0.3, -0.25) is 9.59 Å². The van der Waals surface area contributed by atoms with Crippen molar-refractivity contribution in [3.63, 3.8) is 0 Å². The number of halogens is 3. The molecule has 2 aromatic rings. The van der Waals surface area contributed by atoms with E-state index in [0.29, 0.717) is 5.69 Å². The number of aryl methyl sites for hydroxylation is 1.